The number of benzene rings is 1. The SMILES string of the molecule is CCC1CN(C(=O)CSc2nnc(Nc3ccc(C)cc3)s2)CCO1. The molecule has 25 heavy (non-hydrogen) atoms. The van der Waals surface area contributed by atoms with E-state index in [2.05, 4.69) is 29.4 Å². The Bertz CT molecular complexity index is 705. The number of aromatic nitrogens is 2. The molecular formula is C17H22N4O2S2. The van der Waals surface area contributed by atoms with Crippen LogP contribution in [0.15, 0.2) is 28.6 Å². The Morgan fingerprint density at radius 2 is 2.20 bits per heavy atom. The fourth-order valence-electron chi connectivity index (χ4n) is 2.49. The van der Waals surface area contributed by atoms with Gasteiger partial charge in [0.25, 0.3) is 0 Å². The number of anilines is 2. The molecule has 1 unspecified atom stereocenters. The van der Waals surface area contributed by atoms with Crippen molar-refractivity contribution in [3.63, 3.8) is 0 Å². The van der Waals surface area contributed by atoms with Gasteiger partial charge in [0.15, 0.2) is 4.34 Å². The Labute approximate surface area is 156 Å². The van der Waals surface area contributed by atoms with Gasteiger partial charge >= 0.3 is 0 Å². The number of aryl methyl sites for hydroxylation is 1. The summed E-state index contributed by atoms with van der Waals surface area (Å²) in [5.41, 5.74) is 2.19. The summed E-state index contributed by atoms with van der Waals surface area (Å²) in [6.07, 6.45) is 1.09. The molecule has 134 valence electrons. The molecular weight excluding hydrogens is 356 g/mol. The fraction of sp³-hybridized carbons (Fsp3) is 0.471. The molecule has 2 aromatic rings. The zero-order valence-electron chi connectivity index (χ0n) is 14.4. The summed E-state index contributed by atoms with van der Waals surface area (Å²) >= 11 is 2.90. The van der Waals surface area contributed by atoms with Crippen molar-refractivity contribution in [1.82, 2.24) is 15.1 Å². The second-order valence-electron chi connectivity index (χ2n) is 5.89. The highest BCUT2D eigenvalue weighted by atomic mass is 32.2. The number of morpholine rings is 1. The van der Waals surface area contributed by atoms with Crippen LogP contribution < -0.4 is 5.32 Å². The molecule has 1 N–H and O–H groups in total. The summed E-state index contributed by atoms with van der Waals surface area (Å²) in [5, 5.41) is 12.3. The van der Waals surface area contributed by atoms with E-state index in [1.807, 2.05) is 29.2 Å². The van der Waals surface area contributed by atoms with Crippen molar-refractivity contribution in [2.75, 3.05) is 30.8 Å². The Morgan fingerprint density at radius 1 is 1.40 bits per heavy atom. The molecule has 0 aliphatic carbocycles. The van der Waals surface area contributed by atoms with Crippen LogP contribution in [0.1, 0.15) is 18.9 Å². The van der Waals surface area contributed by atoms with E-state index in [-0.39, 0.29) is 12.0 Å². The van der Waals surface area contributed by atoms with Crippen molar-refractivity contribution in [2.45, 2.75) is 30.7 Å². The van der Waals surface area contributed by atoms with Crippen LogP contribution >= 0.6 is 23.1 Å². The molecule has 1 aliphatic heterocycles. The molecule has 0 saturated carbocycles. The van der Waals surface area contributed by atoms with Crippen LogP contribution in [-0.4, -0.2) is 52.6 Å². The second kappa shape index (κ2) is 8.64. The maximum Gasteiger partial charge on any atom is 0.233 e. The minimum Gasteiger partial charge on any atom is -0.375 e. The molecule has 2 heterocycles. The number of rotatable bonds is 6. The Hall–Kier alpha value is -1.64. The van der Waals surface area contributed by atoms with E-state index in [0.29, 0.717) is 25.4 Å². The molecule has 1 fully saturated rings. The van der Waals surface area contributed by atoms with Gasteiger partial charge in [-0.3, -0.25) is 4.79 Å². The van der Waals surface area contributed by atoms with Crippen molar-refractivity contribution in [2.24, 2.45) is 0 Å². The average Bonchev–Trinajstić information content (AvgIpc) is 3.09. The maximum absolute atomic E-state index is 12.4. The average molecular weight is 379 g/mol. The van der Waals surface area contributed by atoms with E-state index in [1.165, 1.54) is 28.7 Å². The van der Waals surface area contributed by atoms with Gasteiger partial charge in [0.05, 0.1) is 18.5 Å². The van der Waals surface area contributed by atoms with E-state index in [9.17, 15) is 4.79 Å². The largest absolute Gasteiger partial charge is 0.375 e. The number of nitrogens with one attached hydrogen (secondary N) is 1. The summed E-state index contributed by atoms with van der Waals surface area (Å²) in [6, 6.07) is 8.11. The Balaban J connectivity index is 1.49. The number of carbonyl (C=O) groups is 1. The predicted molar refractivity (Wildman–Crippen MR) is 102 cm³/mol. The lowest BCUT2D eigenvalue weighted by molar-refractivity contribution is -0.135. The van der Waals surface area contributed by atoms with Gasteiger partial charge in [-0.2, -0.15) is 0 Å². The lowest BCUT2D eigenvalue weighted by atomic mass is 10.2. The van der Waals surface area contributed by atoms with Crippen LogP contribution in [-0.2, 0) is 9.53 Å². The van der Waals surface area contributed by atoms with Crippen molar-refractivity contribution < 1.29 is 9.53 Å². The molecule has 1 aromatic heterocycles. The Kier molecular flexibility index (Phi) is 6.28. The van der Waals surface area contributed by atoms with E-state index in [1.54, 1.807) is 0 Å². The summed E-state index contributed by atoms with van der Waals surface area (Å²) in [4.78, 5) is 14.2. The zero-order valence-corrected chi connectivity index (χ0v) is 16.0. The minimum atomic E-state index is 0.134. The molecule has 6 nitrogen and oxygen atoms in total. The number of carbonyl (C=O) groups excluding carboxylic acids is 1. The van der Waals surface area contributed by atoms with Crippen LogP contribution in [0.25, 0.3) is 0 Å². The molecule has 1 atom stereocenters. The van der Waals surface area contributed by atoms with E-state index >= 15 is 0 Å². The monoisotopic (exact) mass is 378 g/mol. The van der Waals surface area contributed by atoms with E-state index in [4.69, 9.17) is 4.74 Å². The first kappa shape index (κ1) is 18.2. The molecule has 1 aromatic carbocycles. The first-order valence-corrected chi connectivity index (χ1v) is 10.1. The van der Waals surface area contributed by atoms with Crippen molar-refractivity contribution in [3.8, 4) is 0 Å². The predicted octanol–water partition coefficient (Wildman–Crippen LogP) is 3.32. The van der Waals surface area contributed by atoms with E-state index < -0.39 is 0 Å². The molecule has 1 saturated heterocycles. The van der Waals surface area contributed by atoms with Crippen LogP contribution in [0.5, 0.6) is 0 Å². The van der Waals surface area contributed by atoms with Gasteiger partial charge in [-0.1, -0.05) is 47.7 Å². The zero-order chi connectivity index (χ0) is 17.6. The summed E-state index contributed by atoms with van der Waals surface area (Å²) in [6.45, 7) is 6.12. The quantitative estimate of drug-likeness (QED) is 0.778. The number of thioether (sulfide) groups is 1. The Morgan fingerprint density at radius 3 is 2.96 bits per heavy atom. The first-order chi connectivity index (χ1) is 12.1. The van der Waals surface area contributed by atoms with Gasteiger partial charge in [0.2, 0.25) is 11.0 Å². The number of amides is 1. The summed E-state index contributed by atoms with van der Waals surface area (Å²) < 4.78 is 6.40. The number of nitrogens with zero attached hydrogens (tertiary/aromatic N) is 3. The third-order valence-corrected chi connectivity index (χ3v) is 5.93. The third-order valence-electron chi connectivity index (χ3n) is 3.98. The summed E-state index contributed by atoms with van der Waals surface area (Å²) in [7, 11) is 0. The second-order valence-corrected chi connectivity index (χ2v) is 8.09. The highest BCUT2D eigenvalue weighted by molar-refractivity contribution is 8.01. The van der Waals surface area contributed by atoms with Crippen LogP contribution in [0.3, 0.4) is 0 Å². The highest BCUT2D eigenvalue weighted by Gasteiger charge is 2.23. The topological polar surface area (TPSA) is 67.4 Å². The van der Waals surface area contributed by atoms with Crippen molar-refractivity contribution >= 4 is 39.8 Å². The number of hydrogen-bond acceptors (Lipinski definition) is 7. The maximum atomic E-state index is 12.4. The van der Waals surface area contributed by atoms with Gasteiger partial charge < -0.3 is 15.0 Å². The first-order valence-electron chi connectivity index (χ1n) is 8.33. The molecule has 3 rings (SSSR count). The lowest BCUT2D eigenvalue weighted by Crippen LogP contribution is -2.46. The van der Waals surface area contributed by atoms with Gasteiger partial charge in [-0.05, 0) is 25.5 Å². The van der Waals surface area contributed by atoms with Gasteiger partial charge in [0.1, 0.15) is 0 Å². The van der Waals surface area contributed by atoms with Crippen LogP contribution in [0, 0.1) is 6.92 Å². The highest BCUT2D eigenvalue weighted by Crippen LogP contribution is 2.28. The van der Waals surface area contributed by atoms with Gasteiger partial charge in [-0.15, -0.1) is 10.2 Å². The van der Waals surface area contributed by atoms with Crippen molar-refractivity contribution in [1.29, 1.82) is 0 Å². The molecule has 1 aliphatic rings. The summed E-state index contributed by atoms with van der Waals surface area (Å²) in [5.74, 6) is 0.519. The fourth-order valence-corrected chi connectivity index (χ4v) is 4.16. The van der Waals surface area contributed by atoms with Gasteiger partial charge in [-0.25, -0.2) is 0 Å². The minimum absolute atomic E-state index is 0.134. The number of hydrogen-bond donors (Lipinski definition) is 1. The molecule has 8 heteroatoms. The van der Waals surface area contributed by atoms with E-state index in [0.717, 1.165) is 21.6 Å². The normalized spacial score (nSPS) is 17.5. The molecule has 1 amide bonds. The number of ether oxygens (including phenoxy) is 1. The van der Waals surface area contributed by atoms with Crippen molar-refractivity contribution in [3.05, 3.63) is 29.8 Å². The standard InChI is InChI=1S/C17H22N4O2S2/c1-3-14-10-21(8-9-23-14)15(22)11-24-17-20-19-16(25-17)18-13-6-4-12(2)5-7-13/h4-7,14H,3,8-11H2,1-2H3,(H,18,19). The van der Waals surface area contributed by atoms with Crippen LogP contribution in [0.2, 0.25) is 0 Å². The smallest absolute Gasteiger partial charge is 0.233 e. The van der Waals surface area contributed by atoms with Gasteiger partial charge in [0, 0.05) is 18.8 Å². The lowest BCUT2D eigenvalue weighted by Gasteiger charge is -2.32. The molecule has 0 bridgehead atoms. The van der Waals surface area contributed by atoms with Crippen LogP contribution in [0.4, 0.5) is 10.8 Å². The third kappa shape index (κ3) is 5.17. The molecule has 0 spiro atoms. The molecule has 0 radical (unpaired) electrons.